The lowest BCUT2D eigenvalue weighted by molar-refractivity contribution is -0.164. The molecule has 16 heteroatoms. The highest BCUT2D eigenvalue weighted by Gasteiger charge is 2.41. The summed E-state index contributed by atoms with van der Waals surface area (Å²) in [6, 6.07) is 116. The van der Waals surface area contributed by atoms with Crippen LogP contribution in [0.3, 0.4) is 0 Å². The van der Waals surface area contributed by atoms with Crippen molar-refractivity contribution < 1.29 is 48.0 Å². The van der Waals surface area contributed by atoms with Crippen molar-refractivity contribution in [3.8, 4) is 0 Å². The minimum Gasteiger partial charge on any atom is -0.461 e. The number of aliphatic hydroxyl groups excluding tert-OH is 1. The Morgan fingerprint density at radius 1 is 0.351 bits per heavy atom. The van der Waals surface area contributed by atoms with E-state index in [2.05, 4.69) is 395 Å². The molecule has 9 unspecified atom stereocenters. The molecule has 16 nitrogen and oxygen atoms in total. The van der Waals surface area contributed by atoms with Crippen molar-refractivity contribution in [3.05, 3.63) is 445 Å². The molecule has 0 aliphatic carbocycles. The van der Waals surface area contributed by atoms with Gasteiger partial charge in [-0.2, -0.15) is 0 Å². The monoisotopic (exact) mass is 2000 g/mol. The van der Waals surface area contributed by atoms with Crippen molar-refractivity contribution >= 4 is 23.9 Å². The molecule has 788 valence electrons. The van der Waals surface area contributed by atoms with E-state index in [1.807, 2.05) is 78.9 Å². The molecule has 11 aromatic carbocycles. The van der Waals surface area contributed by atoms with Crippen molar-refractivity contribution in [2.75, 3.05) is 6.61 Å². The number of cyclic esters (lactones) is 3. The normalized spacial score (nSPS) is 18.7. The van der Waals surface area contributed by atoms with E-state index < -0.39 is 12.1 Å². The smallest absolute Gasteiger partial charge is 0.330 e. The van der Waals surface area contributed by atoms with Crippen LogP contribution in [0.2, 0.25) is 0 Å². The topological polar surface area (TPSA) is 200 Å². The first kappa shape index (κ1) is 118. The fourth-order valence-corrected chi connectivity index (χ4v) is 21.3. The molecule has 0 saturated carbocycles. The molecule has 0 radical (unpaired) electrons. The summed E-state index contributed by atoms with van der Waals surface area (Å²) in [4.78, 5) is 58.0. The van der Waals surface area contributed by atoms with E-state index in [0.29, 0.717) is 67.1 Å². The molecule has 0 spiro atoms. The summed E-state index contributed by atoms with van der Waals surface area (Å²) in [5.41, 5.74) is 26.5. The predicted octanol–water partition coefficient (Wildman–Crippen LogP) is 26.4. The van der Waals surface area contributed by atoms with Crippen LogP contribution in [-0.2, 0) is 114 Å². The minimum atomic E-state index is -0.407. The number of ether oxygens (including phenoxy) is 5. The Labute approximate surface area is 887 Å². The Bertz CT molecular complexity index is 5390. The van der Waals surface area contributed by atoms with Crippen molar-refractivity contribution in [2.24, 2.45) is 64.7 Å². The van der Waals surface area contributed by atoms with E-state index in [1.165, 1.54) is 73.4 Å². The third-order valence-electron chi connectivity index (χ3n) is 28.4. The van der Waals surface area contributed by atoms with Gasteiger partial charge in [-0.05, 0) is 166 Å². The van der Waals surface area contributed by atoms with E-state index in [-0.39, 0.29) is 90.6 Å². The summed E-state index contributed by atoms with van der Waals surface area (Å²) in [6.45, 7) is 44.7. The second kappa shape index (κ2) is 64.4. The maximum absolute atomic E-state index is 12.7. The molecule has 0 amide bonds. The standard InChI is InChI=1S/C30H35NO2.C25H31NO2.C23H27NO2.C22H29NO.C16H23NO2.C16H25NO/c1-23(2)30(28-19-27(20-29(32)33-28)18-24-12-6-3-7-13-24)31(21-25-14-8-4-9-15-25)22-26-16-10-5-11-17-26;1-5-13-23(28-24(27)6-2)25(20(3)4)26(18-21-14-9-7-10-15-21)19-22-16-11-8-12-17-22;1-18(2)23(21-14-9-15-22(25)26-21)24(16-19-10-5-3-6-11-19)17-20-12-7-4-8-13-20;1-4-11-21(24)22(18(2)3)23(16-19-12-7-5-8-13-19)17-20-14-9-6-10-15-20;1-11(2)16(17)14-9-13(10-15(18)19-14)8-12-6-4-3-5-7-12;1-12(2)16(17)15-11-14(8-9-18-15)10-13-6-4-3-5-7-13/h3-17,23,27-28,30H,18-22H2,1-2H3;5-12,14-17,20,23,25H,1-2,13,18-19H2,3-4H3;3-13,15,18,21,23H,14,16-17H2,1-2H3;4-10,12-15,18,21-22,24H,1,11,16-17H2,2-3H3;3-7,11,13-14,16H,8-10,17H2,1-2H3;3-7,12,14-16H,8-11,17H2,1-2H3/t27?,28?,30-;23?,25-;21?,23-;21?,22-;13?,14?,16-;14?,15?,16-/m111100/s1. The summed E-state index contributed by atoms with van der Waals surface area (Å²) in [6.07, 6.45) is 17.6. The van der Waals surface area contributed by atoms with Crippen LogP contribution in [0.4, 0.5) is 0 Å². The molecule has 148 heavy (non-hydrogen) atoms. The lowest BCUT2D eigenvalue weighted by atomic mass is 9.83. The molecule has 3 fully saturated rings. The van der Waals surface area contributed by atoms with Gasteiger partial charge in [-0.15, -0.1) is 13.2 Å². The van der Waals surface area contributed by atoms with E-state index in [9.17, 15) is 24.3 Å². The highest BCUT2D eigenvalue weighted by atomic mass is 16.6. The molecule has 0 aromatic heterocycles. The summed E-state index contributed by atoms with van der Waals surface area (Å²) >= 11 is 0. The zero-order valence-corrected chi connectivity index (χ0v) is 90.3. The van der Waals surface area contributed by atoms with Gasteiger partial charge in [0, 0.05) is 133 Å². The number of nitrogens with two attached hydrogens (primary N) is 2. The van der Waals surface area contributed by atoms with E-state index >= 15 is 0 Å². The van der Waals surface area contributed by atoms with Gasteiger partial charge in [0.15, 0.2) is 0 Å². The number of hydrogen-bond acceptors (Lipinski definition) is 16. The Balaban J connectivity index is 0.000000184. The first-order chi connectivity index (χ1) is 71.6. The third kappa shape index (κ3) is 41.1. The second-order valence-corrected chi connectivity index (χ2v) is 42.5. The van der Waals surface area contributed by atoms with Gasteiger partial charge >= 0.3 is 23.9 Å². The van der Waals surface area contributed by atoms with Crippen LogP contribution in [0.1, 0.15) is 202 Å². The van der Waals surface area contributed by atoms with Gasteiger partial charge in [0.05, 0.1) is 12.2 Å². The molecule has 4 aliphatic heterocycles. The van der Waals surface area contributed by atoms with E-state index in [4.69, 9.17) is 35.2 Å². The van der Waals surface area contributed by atoms with E-state index in [1.54, 1.807) is 0 Å². The van der Waals surface area contributed by atoms with Crippen LogP contribution in [0, 0.1) is 53.3 Å². The van der Waals surface area contributed by atoms with Gasteiger partial charge in [-0.25, -0.2) is 9.59 Å². The Hall–Kier alpha value is -12.1. The summed E-state index contributed by atoms with van der Waals surface area (Å²) in [7, 11) is 0. The van der Waals surface area contributed by atoms with Crippen molar-refractivity contribution in [1.29, 1.82) is 0 Å². The minimum absolute atomic E-state index is 0.0438. The fraction of sp³-hybridized carbons (Fsp3) is 0.409. The number of esters is 4. The molecular formula is C132H170N6O10. The summed E-state index contributed by atoms with van der Waals surface area (Å²) < 4.78 is 28.8. The highest BCUT2D eigenvalue weighted by Crippen LogP contribution is 2.37. The number of aliphatic hydroxyl groups is 1. The zero-order chi connectivity index (χ0) is 106. The number of hydrogen-bond donors (Lipinski definition) is 3. The molecule has 15 rings (SSSR count). The van der Waals surface area contributed by atoms with Crippen molar-refractivity contribution in [2.45, 2.75) is 285 Å². The van der Waals surface area contributed by atoms with Gasteiger partial charge in [0.25, 0.3) is 0 Å². The Morgan fingerprint density at radius 2 is 0.635 bits per heavy atom. The van der Waals surface area contributed by atoms with Crippen LogP contribution in [0.25, 0.3) is 0 Å². The molecule has 15 atom stereocenters. The average molecular weight is 2000 g/mol. The molecule has 4 heterocycles. The second-order valence-electron chi connectivity index (χ2n) is 42.5. The number of rotatable bonds is 44. The van der Waals surface area contributed by atoms with Crippen LogP contribution in [0.5, 0.6) is 0 Å². The zero-order valence-electron chi connectivity index (χ0n) is 90.3. The van der Waals surface area contributed by atoms with Gasteiger partial charge < -0.3 is 40.3 Å². The number of carbonyl (C=O) groups is 4. The lowest BCUT2D eigenvalue weighted by Crippen LogP contribution is -2.50. The molecule has 5 N–H and O–H groups in total. The maximum Gasteiger partial charge on any atom is 0.330 e. The van der Waals surface area contributed by atoms with Crippen LogP contribution < -0.4 is 11.5 Å². The maximum atomic E-state index is 12.7. The van der Waals surface area contributed by atoms with E-state index in [0.717, 1.165) is 116 Å². The van der Waals surface area contributed by atoms with Crippen molar-refractivity contribution in [3.63, 3.8) is 0 Å². The first-order valence-corrected chi connectivity index (χ1v) is 54.1. The van der Waals surface area contributed by atoms with Crippen LogP contribution in [0.15, 0.2) is 384 Å². The van der Waals surface area contributed by atoms with Gasteiger partial charge in [-0.1, -0.05) is 442 Å². The SMILES string of the molecule is C=CCC(O)[C@@H](C(C)C)N(Cc1ccccc1)Cc1ccccc1.C=CCC(OC(=O)C=C)[C@@H](C(C)C)N(Cc1ccccc1)Cc1ccccc1.CC(C)[C@H](C1CC(Cc2ccccc2)CC(=O)O1)N(Cc1ccccc1)Cc1ccccc1.CC(C)[C@H](C1CC=CC(=O)O1)N(Cc1ccccc1)Cc1ccccc1.CC(C)[C@H](N)C1CC(Cc2ccccc2)CC(=O)O1.CC(C)[C@H](N)C1CC(Cc2ccccc2)CCO1. The summed E-state index contributed by atoms with van der Waals surface area (Å²) in [5.74, 6) is 2.77. The van der Waals surface area contributed by atoms with Gasteiger partial charge in [-0.3, -0.25) is 29.2 Å². The predicted molar refractivity (Wildman–Crippen MR) is 606 cm³/mol. The first-order valence-electron chi connectivity index (χ1n) is 54.1. The Kier molecular flexibility index (Phi) is 51.2. The largest absolute Gasteiger partial charge is 0.461 e. The molecule has 11 aromatic rings. The Morgan fingerprint density at radius 3 is 0.939 bits per heavy atom. The average Bonchev–Trinajstić information content (AvgIpc) is 0.805. The van der Waals surface area contributed by atoms with Crippen molar-refractivity contribution in [1.82, 2.24) is 19.6 Å². The lowest BCUT2D eigenvalue weighted by Gasteiger charge is -2.42. The molecular weight excluding hydrogens is 1830 g/mol. The molecule has 3 saturated heterocycles. The number of nitrogens with zero attached hydrogens (tertiary/aromatic N) is 4. The van der Waals surface area contributed by atoms with Crippen LogP contribution in [-0.4, -0.2) is 128 Å². The van der Waals surface area contributed by atoms with Crippen LogP contribution >= 0.6 is 0 Å². The quantitative estimate of drug-likeness (QED) is 0.0141. The number of benzene rings is 11. The fourth-order valence-electron chi connectivity index (χ4n) is 21.3. The summed E-state index contributed by atoms with van der Waals surface area (Å²) in [5, 5.41) is 10.7. The molecule has 0 bridgehead atoms. The molecule has 4 aliphatic rings. The van der Waals surface area contributed by atoms with Gasteiger partial charge in [0.2, 0.25) is 0 Å². The number of carbonyl (C=O) groups excluding carboxylic acids is 4. The highest BCUT2D eigenvalue weighted by molar-refractivity contribution is 5.83. The third-order valence-corrected chi connectivity index (χ3v) is 28.4. The van der Waals surface area contributed by atoms with Gasteiger partial charge in [0.1, 0.15) is 24.4 Å².